The highest BCUT2D eigenvalue weighted by Crippen LogP contribution is 2.32. The van der Waals surface area contributed by atoms with Gasteiger partial charge in [-0.25, -0.2) is 9.37 Å². The fourth-order valence-corrected chi connectivity index (χ4v) is 3.45. The van der Waals surface area contributed by atoms with E-state index in [4.69, 9.17) is 0 Å². The number of carbonyl (C=O) groups excluding carboxylic acids is 1. The lowest BCUT2D eigenvalue weighted by atomic mass is 10.1. The van der Waals surface area contributed by atoms with Gasteiger partial charge in [0.05, 0.1) is 23.5 Å². The molecule has 0 bridgehead atoms. The molecule has 0 aliphatic carbocycles. The number of amides is 1. The van der Waals surface area contributed by atoms with Gasteiger partial charge in [-0.05, 0) is 38.0 Å². The average molecular weight is 343 g/mol. The Hall–Kier alpha value is -2.90. The van der Waals surface area contributed by atoms with Crippen molar-refractivity contribution in [2.45, 2.75) is 32.2 Å². The minimum atomic E-state index is -0.329. The molecule has 1 fully saturated rings. The highest BCUT2D eigenvalue weighted by atomic mass is 19.1. The molecule has 4 rings (SSSR count). The zero-order valence-corrected chi connectivity index (χ0v) is 13.7. The van der Waals surface area contributed by atoms with E-state index in [9.17, 15) is 14.0 Å². The quantitative estimate of drug-likeness (QED) is 0.678. The van der Waals surface area contributed by atoms with Gasteiger partial charge in [0.25, 0.3) is 5.56 Å². The van der Waals surface area contributed by atoms with Crippen LogP contribution in [0.2, 0.25) is 0 Å². The molecule has 0 saturated carbocycles. The molecule has 1 amide bonds. The zero-order chi connectivity index (χ0) is 17.6. The first kappa shape index (κ1) is 15.6. The van der Waals surface area contributed by atoms with E-state index < -0.39 is 0 Å². The number of fused-ring (bicyclic) bond motifs is 1. The predicted octanol–water partition coefficient (Wildman–Crippen LogP) is 1.93. The zero-order valence-electron chi connectivity index (χ0n) is 13.7. The number of H-pyrrole nitrogens is 3. The van der Waals surface area contributed by atoms with Gasteiger partial charge < -0.3 is 15.0 Å². The summed E-state index contributed by atoms with van der Waals surface area (Å²) in [4.78, 5) is 33.9. The Bertz CT molecular complexity index is 1000. The van der Waals surface area contributed by atoms with Crippen LogP contribution in [0.4, 0.5) is 4.39 Å². The van der Waals surface area contributed by atoms with Gasteiger partial charge in [-0.3, -0.25) is 14.7 Å². The van der Waals surface area contributed by atoms with E-state index in [0.717, 1.165) is 12.8 Å². The Morgan fingerprint density at radius 2 is 2.24 bits per heavy atom. The minimum Gasteiger partial charge on any atom is -0.340 e. The van der Waals surface area contributed by atoms with Crippen molar-refractivity contribution < 1.29 is 9.18 Å². The van der Waals surface area contributed by atoms with E-state index in [2.05, 4.69) is 20.2 Å². The summed E-state index contributed by atoms with van der Waals surface area (Å²) in [5.74, 6) is 0.220. The number of hydrogen-bond donors (Lipinski definition) is 3. The predicted molar refractivity (Wildman–Crippen MR) is 89.6 cm³/mol. The molecule has 1 saturated heterocycles. The molecule has 1 aliphatic rings. The third-order valence-electron chi connectivity index (χ3n) is 4.77. The molecular weight excluding hydrogens is 325 g/mol. The first-order valence-corrected chi connectivity index (χ1v) is 8.23. The summed E-state index contributed by atoms with van der Waals surface area (Å²) < 4.78 is 13.4. The summed E-state index contributed by atoms with van der Waals surface area (Å²) in [5.41, 5.74) is 2.16. The number of benzene rings is 1. The standard InChI is InChI=1S/C17H18FN5O2/c1-9-11(17(25)22-21-9)8-15(24)23-6-2-3-14(23)16-19-12-5-4-10(18)7-13(12)20-16/h4-5,7,14H,2-3,6,8H2,1H3,(H,19,20)(H2,21,22,25)/t14-/m1/s1. The second-order valence-electron chi connectivity index (χ2n) is 6.39. The molecule has 7 nitrogen and oxygen atoms in total. The van der Waals surface area contributed by atoms with Crippen LogP contribution >= 0.6 is 0 Å². The maximum atomic E-state index is 13.4. The van der Waals surface area contributed by atoms with Crippen LogP contribution < -0.4 is 5.56 Å². The van der Waals surface area contributed by atoms with E-state index in [1.165, 1.54) is 12.1 Å². The van der Waals surface area contributed by atoms with Gasteiger partial charge in [0.15, 0.2) is 0 Å². The largest absolute Gasteiger partial charge is 0.340 e. The Morgan fingerprint density at radius 3 is 3.00 bits per heavy atom. The van der Waals surface area contributed by atoms with Gasteiger partial charge >= 0.3 is 0 Å². The highest BCUT2D eigenvalue weighted by molar-refractivity contribution is 5.80. The Balaban J connectivity index is 1.61. The van der Waals surface area contributed by atoms with Crippen molar-refractivity contribution in [1.82, 2.24) is 25.1 Å². The van der Waals surface area contributed by atoms with Crippen LogP contribution in [0.1, 0.15) is 36.0 Å². The molecule has 130 valence electrons. The molecule has 0 unspecified atom stereocenters. The maximum Gasteiger partial charge on any atom is 0.267 e. The molecule has 1 atom stereocenters. The number of nitrogens with zero attached hydrogens (tertiary/aromatic N) is 2. The summed E-state index contributed by atoms with van der Waals surface area (Å²) in [5, 5.41) is 5.23. The SMILES string of the molecule is Cc1[nH][nH]c(=O)c1CC(=O)N1CCC[C@@H]1c1nc2ccc(F)cc2[nH]1. The summed E-state index contributed by atoms with van der Waals surface area (Å²) in [6.45, 7) is 2.38. The Morgan fingerprint density at radius 1 is 1.40 bits per heavy atom. The van der Waals surface area contributed by atoms with Gasteiger partial charge in [0.2, 0.25) is 5.91 Å². The van der Waals surface area contributed by atoms with Gasteiger partial charge in [0, 0.05) is 17.8 Å². The fourth-order valence-electron chi connectivity index (χ4n) is 3.45. The third kappa shape index (κ3) is 2.73. The lowest BCUT2D eigenvalue weighted by molar-refractivity contribution is -0.131. The van der Waals surface area contributed by atoms with Crippen molar-refractivity contribution in [3.63, 3.8) is 0 Å². The first-order valence-electron chi connectivity index (χ1n) is 8.23. The summed E-state index contributed by atoms with van der Waals surface area (Å²) >= 11 is 0. The van der Waals surface area contributed by atoms with Crippen LogP contribution in [-0.4, -0.2) is 37.5 Å². The highest BCUT2D eigenvalue weighted by Gasteiger charge is 2.32. The smallest absolute Gasteiger partial charge is 0.267 e. The van der Waals surface area contributed by atoms with Crippen LogP contribution in [0.5, 0.6) is 0 Å². The fraction of sp³-hybridized carbons (Fsp3) is 0.353. The van der Waals surface area contributed by atoms with Crippen molar-refractivity contribution in [2.75, 3.05) is 6.54 Å². The molecule has 3 heterocycles. The summed E-state index contributed by atoms with van der Waals surface area (Å²) in [6.07, 6.45) is 1.71. The monoisotopic (exact) mass is 343 g/mol. The molecule has 25 heavy (non-hydrogen) atoms. The van der Waals surface area contributed by atoms with Crippen molar-refractivity contribution in [3.8, 4) is 0 Å². The summed E-state index contributed by atoms with van der Waals surface area (Å²) in [6, 6.07) is 4.21. The number of aromatic nitrogens is 4. The lowest BCUT2D eigenvalue weighted by Crippen LogP contribution is -2.33. The number of aromatic amines is 3. The molecule has 1 aliphatic heterocycles. The number of carbonyl (C=O) groups is 1. The molecule has 0 spiro atoms. The number of hydrogen-bond acceptors (Lipinski definition) is 3. The van der Waals surface area contributed by atoms with Gasteiger partial charge in [0.1, 0.15) is 11.6 Å². The summed E-state index contributed by atoms with van der Waals surface area (Å²) in [7, 11) is 0. The van der Waals surface area contributed by atoms with Crippen LogP contribution in [-0.2, 0) is 11.2 Å². The molecule has 8 heteroatoms. The number of nitrogens with one attached hydrogen (secondary N) is 3. The number of imidazole rings is 1. The van der Waals surface area contributed by atoms with E-state index in [-0.39, 0.29) is 29.7 Å². The Kier molecular flexibility index (Phi) is 3.67. The molecule has 3 N–H and O–H groups in total. The van der Waals surface area contributed by atoms with Gasteiger partial charge in [-0.15, -0.1) is 0 Å². The van der Waals surface area contributed by atoms with Crippen molar-refractivity contribution in [1.29, 1.82) is 0 Å². The minimum absolute atomic E-state index is 0.0516. The second kappa shape index (κ2) is 5.87. The van der Waals surface area contributed by atoms with E-state index in [1.54, 1.807) is 17.9 Å². The van der Waals surface area contributed by atoms with Gasteiger partial charge in [-0.2, -0.15) is 0 Å². The average Bonchev–Trinajstić information content (AvgIpc) is 3.28. The molecule has 3 aromatic rings. The Labute approximate surface area is 142 Å². The van der Waals surface area contributed by atoms with Crippen LogP contribution in [0.15, 0.2) is 23.0 Å². The van der Waals surface area contributed by atoms with E-state index in [0.29, 0.717) is 34.7 Å². The molecular formula is C17H18FN5O2. The third-order valence-corrected chi connectivity index (χ3v) is 4.77. The molecule has 0 radical (unpaired) electrons. The maximum absolute atomic E-state index is 13.4. The van der Waals surface area contributed by atoms with Crippen molar-refractivity contribution in [3.05, 3.63) is 51.5 Å². The number of aryl methyl sites for hydroxylation is 1. The van der Waals surface area contributed by atoms with Crippen LogP contribution in [0.3, 0.4) is 0 Å². The van der Waals surface area contributed by atoms with Crippen molar-refractivity contribution in [2.24, 2.45) is 0 Å². The van der Waals surface area contributed by atoms with Gasteiger partial charge in [-0.1, -0.05) is 0 Å². The normalized spacial score (nSPS) is 17.5. The lowest BCUT2D eigenvalue weighted by Gasteiger charge is -2.23. The van der Waals surface area contributed by atoms with Crippen LogP contribution in [0.25, 0.3) is 11.0 Å². The molecule has 1 aromatic carbocycles. The van der Waals surface area contributed by atoms with Crippen molar-refractivity contribution >= 4 is 16.9 Å². The van der Waals surface area contributed by atoms with E-state index >= 15 is 0 Å². The second-order valence-corrected chi connectivity index (χ2v) is 6.39. The molecule has 2 aromatic heterocycles. The first-order chi connectivity index (χ1) is 12.0. The number of likely N-dealkylation sites (tertiary alicyclic amines) is 1. The number of halogens is 1. The number of rotatable bonds is 3. The topological polar surface area (TPSA) is 97.6 Å². The van der Waals surface area contributed by atoms with E-state index in [1.807, 2.05) is 0 Å². The van der Waals surface area contributed by atoms with Crippen LogP contribution in [0, 0.1) is 12.7 Å².